The number of phenolic OH excluding ortho intramolecular Hbond substituents is 1. The summed E-state index contributed by atoms with van der Waals surface area (Å²) in [7, 11) is 0. The van der Waals surface area contributed by atoms with Crippen LogP contribution in [-0.2, 0) is 9.53 Å². The fraction of sp³-hybridized carbons (Fsp3) is 0.250. The predicted octanol–water partition coefficient (Wildman–Crippen LogP) is 2.33. The van der Waals surface area contributed by atoms with Crippen molar-refractivity contribution in [1.29, 1.82) is 0 Å². The summed E-state index contributed by atoms with van der Waals surface area (Å²) in [6, 6.07) is 7.72. The van der Waals surface area contributed by atoms with Gasteiger partial charge in [-0.2, -0.15) is 0 Å². The van der Waals surface area contributed by atoms with E-state index in [1.807, 2.05) is 0 Å². The lowest BCUT2D eigenvalue weighted by Crippen LogP contribution is -2.31. The minimum Gasteiger partial charge on any atom is -0.507 e. The van der Waals surface area contributed by atoms with Gasteiger partial charge in [0.25, 0.3) is 5.91 Å². The van der Waals surface area contributed by atoms with Crippen molar-refractivity contribution in [1.82, 2.24) is 5.32 Å². The van der Waals surface area contributed by atoms with Crippen LogP contribution < -0.4 is 5.32 Å². The van der Waals surface area contributed by atoms with E-state index >= 15 is 0 Å². The smallest absolute Gasteiger partial charge is 0.342 e. The highest BCUT2D eigenvalue weighted by Crippen LogP contribution is 2.19. The molecule has 0 radical (unpaired) electrons. The zero-order valence-corrected chi connectivity index (χ0v) is 12.3. The number of aryl methyl sites for hydroxylation is 1. The van der Waals surface area contributed by atoms with Crippen molar-refractivity contribution in [2.75, 3.05) is 6.61 Å². The van der Waals surface area contributed by atoms with Crippen LogP contribution in [0.2, 0.25) is 0 Å². The van der Waals surface area contributed by atoms with Crippen molar-refractivity contribution in [2.24, 2.45) is 0 Å². The molecule has 0 unspecified atom stereocenters. The Labute approximate surface area is 127 Å². The lowest BCUT2D eigenvalue weighted by Gasteiger charge is -2.12. The van der Waals surface area contributed by atoms with Gasteiger partial charge >= 0.3 is 5.97 Å². The fourth-order valence-corrected chi connectivity index (χ4v) is 1.92. The second-order valence-electron chi connectivity index (χ2n) is 4.90. The molecule has 116 valence electrons. The van der Waals surface area contributed by atoms with E-state index in [0.29, 0.717) is 5.76 Å². The molecule has 2 rings (SSSR count). The summed E-state index contributed by atoms with van der Waals surface area (Å²) < 4.78 is 10.0. The molecule has 2 N–H and O–H groups in total. The van der Waals surface area contributed by atoms with Gasteiger partial charge in [-0.25, -0.2) is 4.79 Å². The summed E-state index contributed by atoms with van der Waals surface area (Å²) in [5.41, 5.74) is 0.844. The first-order chi connectivity index (χ1) is 10.5. The Bertz CT molecular complexity index is 663. The second-order valence-corrected chi connectivity index (χ2v) is 4.90. The number of esters is 1. The van der Waals surface area contributed by atoms with Gasteiger partial charge in [0.15, 0.2) is 6.61 Å². The van der Waals surface area contributed by atoms with Gasteiger partial charge in [-0.15, -0.1) is 0 Å². The molecule has 0 spiro atoms. The number of nitrogens with one attached hydrogen (secondary N) is 1. The van der Waals surface area contributed by atoms with Crippen LogP contribution in [0.15, 0.2) is 41.0 Å². The average Bonchev–Trinajstić information content (AvgIpc) is 2.99. The summed E-state index contributed by atoms with van der Waals surface area (Å²) in [6.07, 6.45) is 1.51. The van der Waals surface area contributed by atoms with Gasteiger partial charge in [-0.3, -0.25) is 4.79 Å². The van der Waals surface area contributed by atoms with Crippen molar-refractivity contribution in [3.8, 4) is 5.75 Å². The minimum absolute atomic E-state index is 0.0254. The third-order valence-corrected chi connectivity index (χ3v) is 3.05. The molecule has 0 saturated carbocycles. The van der Waals surface area contributed by atoms with Crippen LogP contribution in [0.4, 0.5) is 0 Å². The van der Waals surface area contributed by atoms with Gasteiger partial charge in [0.05, 0.1) is 12.3 Å². The third-order valence-electron chi connectivity index (χ3n) is 3.05. The van der Waals surface area contributed by atoms with Gasteiger partial charge in [-0.05, 0) is 43.7 Å². The third kappa shape index (κ3) is 3.88. The average molecular weight is 303 g/mol. The van der Waals surface area contributed by atoms with Gasteiger partial charge in [0.1, 0.15) is 17.1 Å². The van der Waals surface area contributed by atoms with E-state index in [-0.39, 0.29) is 17.4 Å². The molecule has 0 fully saturated rings. The number of carbonyl (C=O) groups excluding carboxylic acids is 2. The first kappa shape index (κ1) is 15.6. The Balaban J connectivity index is 1.86. The number of hydrogen-bond acceptors (Lipinski definition) is 5. The van der Waals surface area contributed by atoms with E-state index < -0.39 is 18.5 Å². The molecular formula is C16H17NO5. The molecule has 6 heteroatoms. The largest absolute Gasteiger partial charge is 0.507 e. The lowest BCUT2D eigenvalue weighted by atomic mass is 10.1. The van der Waals surface area contributed by atoms with E-state index in [9.17, 15) is 14.7 Å². The van der Waals surface area contributed by atoms with Crippen LogP contribution in [0.3, 0.4) is 0 Å². The van der Waals surface area contributed by atoms with Crippen LogP contribution in [0.25, 0.3) is 0 Å². The van der Waals surface area contributed by atoms with E-state index in [0.717, 1.165) is 5.56 Å². The predicted molar refractivity (Wildman–Crippen MR) is 78.4 cm³/mol. The number of aromatic hydroxyl groups is 1. The number of ether oxygens (including phenoxy) is 1. The van der Waals surface area contributed by atoms with Crippen LogP contribution >= 0.6 is 0 Å². The molecule has 1 amide bonds. The first-order valence-electron chi connectivity index (χ1n) is 6.77. The molecule has 0 aliphatic rings. The highest BCUT2D eigenvalue weighted by Gasteiger charge is 2.16. The molecule has 1 aromatic heterocycles. The van der Waals surface area contributed by atoms with Crippen LogP contribution in [-0.4, -0.2) is 23.6 Å². The number of amides is 1. The van der Waals surface area contributed by atoms with Crippen molar-refractivity contribution in [2.45, 2.75) is 19.9 Å². The lowest BCUT2D eigenvalue weighted by molar-refractivity contribution is -0.125. The molecule has 1 aromatic carbocycles. The summed E-state index contributed by atoms with van der Waals surface area (Å²) in [5, 5.41) is 12.3. The summed E-state index contributed by atoms with van der Waals surface area (Å²) in [4.78, 5) is 23.5. The quantitative estimate of drug-likeness (QED) is 0.828. The van der Waals surface area contributed by atoms with Gasteiger partial charge < -0.3 is 19.6 Å². The van der Waals surface area contributed by atoms with Crippen molar-refractivity contribution in [3.63, 3.8) is 0 Å². The van der Waals surface area contributed by atoms with Gasteiger partial charge in [0, 0.05) is 0 Å². The van der Waals surface area contributed by atoms with Crippen LogP contribution in [0, 0.1) is 6.92 Å². The number of rotatable bonds is 5. The maximum Gasteiger partial charge on any atom is 0.342 e. The number of benzene rings is 1. The molecule has 6 nitrogen and oxygen atoms in total. The molecule has 0 saturated heterocycles. The minimum atomic E-state index is -0.752. The molecule has 0 aliphatic heterocycles. The molecule has 0 bridgehead atoms. The Kier molecular flexibility index (Phi) is 4.83. The number of carbonyl (C=O) groups is 2. The van der Waals surface area contributed by atoms with Crippen LogP contribution in [0.1, 0.15) is 34.6 Å². The van der Waals surface area contributed by atoms with Crippen molar-refractivity contribution in [3.05, 3.63) is 53.5 Å². The summed E-state index contributed by atoms with van der Waals surface area (Å²) in [5.74, 6) is -0.771. The summed E-state index contributed by atoms with van der Waals surface area (Å²) in [6.45, 7) is 3.11. The topological polar surface area (TPSA) is 88.8 Å². The highest BCUT2D eigenvalue weighted by molar-refractivity contribution is 5.93. The number of hydrogen-bond donors (Lipinski definition) is 2. The van der Waals surface area contributed by atoms with E-state index in [1.54, 1.807) is 32.0 Å². The molecule has 1 heterocycles. The zero-order valence-electron chi connectivity index (χ0n) is 12.3. The van der Waals surface area contributed by atoms with Crippen LogP contribution in [0.5, 0.6) is 5.75 Å². The molecule has 0 aliphatic carbocycles. The fourth-order valence-electron chi connectivity index (χ4n) is 1.92. The Morgan fingerprint density at radius 1 is 1.36 bits per heavy atom. The Morgan fingerprint density at radius 3 is 2.77 bits per heavy atom. The number of furan rings is 1. The van der Waals surface area contributed by atoms with E-state index in [4.69, 9.17) is 9.15 Å². The zero-order chi connectivity index (χ0) is 16.1. The highest BCUT2D eigenvalue weighted by atomic mass is 16.5. The maximum absolute atomic E-state index is 11.8. The Morgan fingerprint density at radius 2 is 2.14 bits per heavy atom. The maximum atomic E-state index is 11.8. The monoisotopic (exact) mass is 303 g/mol. The van der Waals surface area contributed by atoms with Crippen molar-refractivity contribution < 1.29 is 23.8 Å². The van der Waals surface area contributed by atoms with E-state index in [2.05, 4.69) is 5.32 Å². The first-order valence-corrected chi connectivity index (χ1v) is 6.77. The summed E-state index contributed by atoms with van der Waals surface area (Å²) >= 11 is 0. The van der Waals surface area contributed by atoms with Gasteiger partial charge in [-0.1, -0.05) is 6.07 Å². The van der Waals surface area contributed by atoms with Gasteiger partial charge in [0.2, 0.25) is 0 Å². The Hall–Kier alpha value is -2.76. The van der Waals surface area contributed by atoms with E-state index in [1.165, 1.54) is 18.4 Å². The normalized spacial score (nSPS) is 11.7. The van der Waals surface area contributed by atoms with Crippen molar-refractivity contribution >= 4 is 11.9 Å². The second kappa shape index (κ2) is 6.80. The molecule has 22 heavy (non-hydrogen) atoms. The number of phenols is 1. The molecule has 2 aromatic rings. The molecular weight excluding hydrogens is 286 g/mol. The SMILES string of the molecule is Cc1ccc(C(=O)OCC(=O)N[C@H](C)c2ccco2)c(O)c1. The standard InChI is InChI=1S/C16H17NO5/c1-10-5-6-12(13(18)8-10)16(20)22-9-15(19)17-11(2)14-4-3-7-21-14/h3-8,11,18H,9H2,1-2H3,(H,17,19)/t11-/m1/s1. The molecule has 1 atom stereocenters.